The molecule has 0 bridgehead atoms. The first kappa shape index (κ1) is 21.1. The number of carbonyl (C=O) groups excluding carboxylic acids is 1. The van der Waals surface area contributed by atoms with Crippen LogP contribution in [0.4, 0.5) is 11.4 Å². The fourth-order valence-electron chi connectivity index (χ4n) is 3.08. The number of amides is 1. The van der Waals surface area contributed by atoms with E-state index in [0.29, 0.717) is 9.99 Å². The van der Waals surface area contributed by atoms with Crippen LogP contribution in [0.1, 0.15) is 19.4 Å². The summed E-state index contributed by atoms with van der Waals surface area (Å²) in [6, 6.07) is 10.7. The molecule has 1 aliphatic rings. The van der Waals surface area contributed by atoms with Crippen LogP contribution in [-0.4, -0.2) is 35.1 Å². The minimum atomic E-state index is -4.12. The Hall–Kier alpha value is -2.59. The highest BCUT2D eigenvalue weighted by atomic mass is 32.2. The minimum absolute atomic E-state index is 0.0343. The van der Waals surface area contributed by atoms with Gasteiger partial charge in [0.25, 0.3) is 10.0 Å². The van der Waals surface area contributed by atoms with Crippen molar-refractivity contribution in [3.05, 3.63) is 48.0 Å². The van der Waals surface area contributed by atoms with Gasteiger partial charge in [-0.2, -0.15) is 0 Å². The third-order valence-electron chi connectivity index (χ3n) is 4.50. The van der Waals surface area contributed by atoms with Gasteiger partial charge >= 0.3 is 0 Å². The number of carbonyl (C=O) groups is 1. The molecule has 0 saturated carbocycles. The second-order valence-corrected chi connectivity index (χ2v) is 10.3. The molecule has 0 radical (unpaired) electrons. The zero-order valence-corrected chi connectivity index (χ0v) is 17.9. The third-order valence-corrected chi connectivity index (χ3v) is 7.76. The van der Waals surface area contributed by atoms with Crippen LogP contribution >= 0.6 is 0 Å². The number of aryl methyl sites for hydroxylation is 1. The molecule has 29 heavy (non-hydrogen) atoms. The monoisotopic (exact) mass is 438 g/mol. The number of hydrogen-bond donors (Lipinski definition) is 1. The molecule has 2 aromatic rings. The molecule has 1 aliphatic heterocycles. The highest BCUT2D eigenvalue weighted by molar-refractivity contribution is 7.94. The lowest BCUT2D eigenvalue weighted by Gasteiger charge is -2.19. The Morgan fingerprint density at radius 3 is 2.48 bits per heavy atom. The maximum atomic E-state index is 13.1. The first-order valence-corrected chi connectivity index (χ1v) is 12.1. The van der Waals surface area contributed by atoms with Crippen LogP contribution in [0.15, 0.2) is 47.4 Å². The number of rotatable bonds is 6. The van der Waals surface area contributed by atoms with E-state index >= 15 is 0 Å². The van der Waals surface area contributed by atoms with Crippen LogP contribution in [0.2, 0.25) is 0 Å². The van der Waals surface area contributed by atoms with Crippen molar-refractivity contribution in [3.8, 4) is 5.75 Å². The van der Waals surface area contributed by atoms with Crippen LogP contribution in [-0.2, 0) is 24.8 Å². The lowest BCUT2D eigenvalue weighted by molar-refractivity contribution is -0.119. The van der Waals surface area contributed by atoms with Gasteiger partial charge in [-0.3, -0.25) is 9.52 Å². The van der Waals surface area contributed by atoms with E-state index in [9.17, 15) is 21.6 Å². The number of hydrogen-bond acceptors (Lipinski definition) is 6. The maximum absolute atomic E-state index is 13.1. The largest absolute Gasteiger partial charge is 0.492 e. The molecule has 10 heteroatoms. The fourth-order valence-corrected chi connectivity index (χ4v) is 6.19. The van der Waals surface area contributed by atoms with Gasteiger partial charge in [-0.1, -0.05) is 25.1 Å². The molecule has 0 aromatic heterocycles. The van der Waals surface area contributed by atoms with Crippen molar-refractivity contribution in [2.75, 3.05) is 21.4 Å². The fraction of sp³-hybridized carbons (Fsp3) is 0.316. The second kappa shape index (κ2) is 7.68. The standard InChI is InChI=1S/C19H22N2O6S2/c1-4-27-17-10-9-15(21-19(22)14(3)12-28(21,23)24)11-18(17)29(25,26)20-16-8-6-5-7-13(16)2/h5-11,14,20H,4,12H2,1-3H3. The Kier molecular flexibility index (Phi) is 5.59. The third kappa shape index (κ3) is 4.08. The van der Waals surface area contributed by atoms with E-state index in [-0.39, 0.29) is 28.7 Å². The molecule has 1 atom stereocenters. The molecule has 1 fully saturated rings. The summed E-state index contributed by atoms with van der Waals surface area (Å²) in [7, 11) is -7.98. The second-order valence-electron chi connectivity index (χ2n) is 6.77. The van der Waals surface area contributed by atoms with Crippen LogP contribution in [0, 0.1) is 12.8 Å². The van der Waals surface area contributed by atoms with Crippen molar-refractivity contribution in [2.45, 2.75) is 25.7 Å². The lowest BCUT2D eigenvalue weighted by Crippen LogP contribution is -2.30. The Morgan fingerprint density at radius 2 is 1.90 bits per heavy atom. The molecule has 8 nitrogen and oxygen atoms in total. The molecule has 1 unspecified atom stereocenters. The van der Waals surface area contributed by atoms with Gasteiger partial charge in [-0.15, -0.1) is 0 Å². The number of nitrogens with zero attached hydrogens (tertiary/aromatic N) is 1. The lowest BCUT2D eigenvalue weighted by atomic mass is 10.2. The van der Waals surface area contributed by atoms with Crippen molar-refractivity contribution in [3.63, 3.8) is 0 Å². The van der Waals surface area contributed by atoms with Gasteiger partial charge in [-0.05, 0) is 43.7 Å². The van der Waals surface area contributed by atoms with Gasteiger partial charge in [0, 0.05) is 0 Å². The average Bonchev–Trinajstić information content (AvgIpc) is 2.84. The summed E-state index contributed by atoms with van der Waals surface area (Å²) in [6.07, 6.45) is 0. The van der Waals surface area contributed by atoms with E-state index in [1.54, 1.807) is 38.1 Å². The number of ether oxygens (including phenoxy) is 1. The molecule has 1 saturated heterocycles. The predicted octanol–water partition coefficient (Wildman–Crippen LogP) is 2.51. The van der Waals surface area contributed by atoms with Gasteiger partial charge < -0.3 is 4.74 Å². The van der Waals surface area contributed by atoms with Crippen LogP contribution in [0.3, 0.4) is 0 Å². The van der Waals surface area contributed by atoms with E-state index in [0.717, 1.165) is 11.6 Å². The van der Waals surface area contributed by atoms with Crippen molar-refractivity contribution in [1.82, 2.24) is 0 Å². The smallest absolute Gasteiger partial charge is 0.265 e. The summed E-state index contributed by atoms with van der Waals surface area (Å²) < 4.78 is 59.6. The molecule has 0 spiro atoms. The van der Waals surface area contributed by atoms with Gasteiger partial charge in [-0.25, -0.2) is 21.1 Å². The van der Waals surface area contributed by atoms with E-state index in [4.69, 9.17) is 4.74 Å². The molecule has 3 rings (SSSR count). The predicted molar refractivity (Wildman–Crippen MR) is 110 cm³/mol. The van der Waals surface area contributed by atoms with Crippen LogP contribution in [0.5, 0.6) is 5.75 Å². The molecule has 1 heterocycles. The molecule has 0 aliphatic carbocycles. The molecule has 156 valence electrons. The molecular weight excluding hydrogens is 416 g/mol. The highest BCUT2D eigenvalue weighted by Gasteiger charge is 2.42. The van der Waals surface area contributed by atoms with Crippen molar-refractivity contribution < 1.29 is 26.4 Å². The SMILES string of the molecule is CCOc1ccc(N2C(=O)C(C)CS2(=O)=O)cc1S(=O)(=O)Nc1ccccc1C. The summed E-state index contributed by atoms with van der Waals surface area (Å²) >= 11 is 0. The Morgan fingerprint density at radius 1 is 1.21 bits per heavy atom. The Labute approximate surface area is 170 Å². The number of benzene rings is 2. The summed E-state index contributed by atoms with van der Waals surface area (Å²) in [5, 5.41) is 0. The van der Waals surface area contributed by atoms with Gasteiger partial charge in [0.05, 0.1) is 29.7 Å². The zero-order chi connectivity index (χ0) is 21.4. The highest BCUT2D eigenvalue weighted by Crippen LogP contribution is 2.35. The van der Waals surface area contributed by atoms with Gasteiger partial charge in [0.2, 0.25) is 15.9 Å². The van der Waals surface area contributed by atoms with E-state index in [1.165, 1.54) is 19.1 Å². The topological polar surface area (TPSA) is 110 Å². The van der Waals surface area contributed by atoms with Crippen molar-refractivity contribution in [1.29, 1.82) is 0 Å². The van der Waals surface area contributed by atoms with Gasteiger partial charge in [0.1, 0.15) is 10.6 Å². The Balaban J connectivity index is 2.11. The summed E-state index contributed by atoms with van der Waals surface area (Å²) in [6.45, 7) is 5.19. The van der Waals surface area contributed by atoms with Crippen LogP contribution in [0.25, 0.3) is 0 Å². The minimum Gasteiger partial charge on any atom is -0.492 e. The van der Waals surface area contributed by atoms with E-state index in [2.05, 4.69) is 4.72 Å². The first-order chi connectivity index (χ1) is 13.6. The van der Waals surface area contributed by atoms with Crippen LogP contribution < -0.4 is 13.8 Å². The van der Waals surface area contributed by atoms with E-state index in [1.807, 2.05) is 0 Å². The first-order valence-electron chi connectivity index (χ1n) is 8.99. The summed E-state index contributed by atoms with van der Waals surface area (Å²) in [4.78, 5) is 12.1. The van der Waals surface area contributed by atoms with Crippen molar-refractivity contribution in [2.24, 2.45) is 5.92 Å². The Bertz CT molecular complexity index is 1160. The average molecular weight is 439 g/mol. The maximum Gasteiger partial charge on any atom is 0.265 e. The summed E-state index contributed by atoms with van der Waals surface area (Å²) in [5.74, 6) is -1.54. The van der Waals surface area contributed by atoms with E-state index < -0.39 is 31.9 Å². The molecule has 1 amide bonds. The number of nitrogens with one attached hydrogen (secondary N) is 1. The normalized spacial score (nSPS) is 18.7. The number of sulfonamides is 2. The zero-order valence-electron chi connectivity index (χ0n) is 16.2. The molecular formula is C19H22N2O6S2. The molecule has 2 aromatic carbocycles. The molecule has 1 N–H and O–H groups in total. The van der Waals surface area contributed by atoms with Gasteiger partial charge in [0.15, 0.2) is 0 Å². The number of anilines is 2. The quantitative estimate of drug-likeness (QED) is 0.742. The summed E-state index contributed by atoms with van der Waals surface area (Å²) in [5.41, 5.74) is 1.07. The number of para-hydroxylation sites is 1. The van der Waals surface area contributed by atoms with Crippen molar-refractivity contribution >= 4 is 37.3 Å².